The molecular weight excluding hydrogens is 299 g/mol. The Hall–Kier alpha value is -1.78. The van der Waals surface area contributed by atoms with E-state index in [2.05, 4.69) is 10.3 Å². The summed E-state index contributed by atoms with van der Waals surface area (Å²) in [5, 5.41) is 3.40. The van der Waals surface area contributed by atoms with E-state index in [9.17, 15) is 4.79 Å². The van der Waals surface area contributed by atoms with Crippen LogP contribution in [-0.4, -0.2) is 18.0 Å². The fourth-order valence-electron chi connectivity index (χ4n) is 1.64. The first-order chi connectivity index (χ1) is 9.61. The van der Waals surface area contributed by atoms with Gasteiger partial charge in [0.05, 0.1) is 22.7 Å². The molecule has 0 bridgehead atoms. The van der Waals surface area contributed by atoms with Crippen molar-refractivity contribution in [2.45, 2.75) is 6.54 Å². The van der Waals surface area contributed by atoms with E-state index < -0.39 is 0 Å². The zero-order chi connectivity index (χ0) is 14.5. The average molecular weight is 311 g/mol. The van der Waals surface area contributed by atoms with E-state index >= 15 is 0 Å². The molecule has 1 aromatic carbocycles. The van der Waals surface area contributed by atoms with E-state index in [1.807, 2.05) is 12.1 Å². The number of hydrogen-bond acceptors (Lipinski definition) is 3. The van der Waals surface area contributed by atoms with Gasteiger partial charge >= 0.3 is 0 Å². The Morgan fingerprint density at radius 3 is 2.60 bits per heavy atom. The van der Waals surface area contributed by atoms with Gasteiger partial charge < -0.3 is 10.1 Å². The molecule has 20 heavy (non-hydrogen) atoms. The van der Waals surface area contributed by atoms with Gasteiger partial charge in [-0.2, -0.15) is 0 Å². The second kappa shape index (κ2) is 6.59. The van der Waals surface area contributed by atoms with Gasteiger partial charge in [0, 0.05) is 25.0 Å². The van der Waals surface area contributed by atoms with Gasteiger partial charge in [-0.1, -0.05) is 23.2 Å². The van der Waals surface area contributed by atoms with Crippen molar-refractivity contribution in [1.82, 2.24) is 10.3 Å². The van der Waals surface area contributed by atoms with Crippen LogP contribution in [0.5, 0.6) is 5.75 Å². The third-order valence-electron chi connectivity index (χ3n) is 2.69. The Labute approximate surface area is 126 Å². The second-order valence-corrected chi connectivity index (χ2v) is 4.82. The number of halogens is 2. The highest BCUT2D eigenvalue weighted by molar-refractivity contribution is 6.36. The first-order valence-corrected chi connectivity index (χ1v) is 6.57. The minimum atomic E-state index is -0.295. The van der Waals surface area contributed by atoms with Gasteiger partial charge in [0.25, 0.3) is 5.91 Å². The Kier molecular flexibility index (Phi) is 4.82. The van der Waals surface area contributed by atoms with Crippen molar-refractivity contribution in [1.29, 1.82) is 0 Å². The number of hydrogen-bond donors (Lipinski definition) is 1. The molecule has 1 amide bonds. The summed E-state index contributed by atoms with van der Waals surface area (Å²) in [7, 11) is 1.49. The van der Waals surface area contributed by atoms with Crippen molar-refractivity contribution >= 4 is 29.1 Å². The fraction of sp³-hybridized carbons (Fsp3) is 0.143. The number of nitrogens with one attached hydrogen (secondary N) is 1. The molecule has 0 aliphatic rings. The summed E-state index contributed by atoms with van der Waals surface area (Å²) < 4.78 is 5.03. The van der Waals surface area contributed by atoms with Crippen LogP contribution < -0.4 is 10.1 Å². The lowest BCUT2D eigenvalue weighted by atomic mass is 10.2. The largest absolute Gasteiger partial charge is 0.495 e. The minimum absolute atomic E-state index is 0.290. The summed E-state index contributed by atoms with van der Waals surface area (Å²) in [6.45, 7) is 0.390. The molecule has 1 N–H and O–H groups in total. The maximum atomic E-state index is 12.1. The molecule has 0 atom stereocenters. The monoisotopic (exact) mass is 310 g/mol. The third kappa shape index (κ3) is 3.40. The normalized spacial score (nSPS) is 10.2. The Morgan fingerprint density at radius 1 is 1.25 bits per heavy atom. The number of carbonyl (C=O) groups is 1. The molecule has 0 radical (unpaired) electrons. The van der Waals surface area contributed by atoms with E-state index in [-0.39, 0.29) is 5.91 Å². The molecule has 2 aromatic rings. The molecule has 0 aliphatic carbocycles. The van der Waals surface area contributed by atoms with Crippen molar-refractivity contribution in [3.05, 3.63) is 57.8 Å². The van der Waals surface area contributed by atoms with Gasteiger partial charge in [-0.05, 0) is 23.8 Å². The standard InChI is InChI=1S/C14H12Cl2N2O2/c1-20-13-7-11(15)10(6-12(13)16)14(19)18-8-9-2-4-17-5-3-9/h2-7H,8H2,1H3,(H,18,19). The zero-order valence-corrected chi connectivity index (χ0v) is 12.2. The maximum Gasteiger partial charge on any atom is 0.253 e. The lowest BCUT2D eigenvalue weighted by Crippen LogP contribution is -2.23. The smallest absolute Gasteiger partial charge is 0.253 e. The summed E-state index contributed by atoms with van der Waals surface area (Å²) in [4.78, 5) is 16.0. The fourth-order valence-corrected chi connectivity index (χ4v) is 2.12. The van der Waals surface area contributed by atoms with Gasteiger partial charge in [-0.3, -0.25) is 9.78 Å². The highest BCUT2D eigenvalue weighted by Gasteiger charge is 2.14. The Bertz CT molecular complexity index is 618. The molecule has 0 unspecified atom stereocenters. The molecular formula is C14H12Cl2N2O2. The molecule has 0 spiro atoms. The quantitative estimate of drug-likeness (QED) is 0.942. The summed E-state index contributed by atoms with van der Waals surface area (Å²) in [5.74, 6) is 0.138. The number of benzene rings is 1. The molecule has 6 heteroatoms. The Balaban J connectivity index is 2.11. The van der Waals surface area contributed by atoms with E-state index in [4.69, 9.17) is 27.9 Å². The molecule has 4 nitrogen and oxygen atoms in total. The van der Waals surface area contributed by atoms with E-state index in [0.29, 0.717) is 27.9 Å². The number of pyridine rings is 1. The number of rotatable bonds is 4. The van der Waals surface area contributed by atoms with Crippen molar-refractivity contribution in [2.75, 3.05) is 7.11 Å². The second-order valence-electron chi connectivity index (χ2n) is 4.00. The molecule has 1 aromatic heterocycles. The average Bonchev–Trinajstić information content (AvgIpc) is 2.47. The van der Waals surface area contributed by atoms with Crippen LogP contribution >= 0.6 is 23.2 Å². The van der Waals surface area contributed by atoms with Crippen LogP contribution in [0.3, 0.4) is 0 Å². The molecule has 0 fully saturated rings. The summed E-state index contributed by atoms with van der Waals surface area (Å²) in [6.07, 6.45) is 3.33. The molecule has 0 saturated carbocycles. The number of nitrogens with zero attached hydrogens (tertiary/aromatic N) is 1. The van der Waals surface area contributed by atoms with Crippen LogP contribution in [0, 0.1) is 0 Å². The van der Waals surface area contributed by atoms with Crippen LogP contribution in [-0.2, 0) is 6.54 Å². The Morgan fingerprint density at radius 2 is 1.95 bits per heavy atom. The molecule has 0 saturated heterocycles. The van der Waals surface area contributed by atoms with Crippen LogP contribution in [0.2, 0.25) is 10.0 Å². The number of aromatic nitrogens is 1. The molecule has 104 valence electrons. The van der Waals surface area contributed by atoms with Crippen LogP contribution in [0.15, 0.2) is 36.7 Å². The minimum Gasteiger partial charge on any atom is -0.495 e. The van der Waals surface area contributed by atoms with Gasteiger partial charge in [-0.25, -0.2) is 0 Å². The van der Waals surface area contributed by atoms with Crippen molar-refractivity contribution in [3.8, 4) is 5.75 Å². The third-order valence-corrected chi connectivity index (χ3v) is 3.30. The van der Waals surface area contributed by atoms with Crippen molar-refractivity contribution in [2.24, 2.45) is 0 Å². The van der Waals surface area contributed by atoms with Gasteiger partial charge in [0.1, 0.15) is 5.75 Å². The van der Waals surface area contributed by atoms with Gasteiger partial charge in [0.15, 0.2) is 0 Å². The number of ether oxygens (including phenoxy) is 1. The lowest BCUT2D eigenvalue weighted by Gasteiger charge is -2.09. The maximum absolute atomic E-state index is 12.1. The highest BCUT2D eigenvalue weighted by Crippen LogP contribution is 2.30. The topological polar surface area (TPSA) is 51.2 Å². The molecule has 0 aliphatic heterocycles. The van der Waals surface area contributed by atoms with E-state index in [1.165, 1.54) is 19.2 Å². The first kappa shape index (κ1) is 14.6. The predicted molar refractivity (Wildman–Crippen MR) is 78.4 cm³/mol. The van der Waals surface area contributed by atoms with Crippen LogP contribution in [0.4, 0.5) is 0 Å². The number of amides is 1. The predicted octanol–water partition coefficient (Wildman–Crippen LogP) is 3.33. The van der Waals surface area contributed by atoms with Crippen LogP contribution in [0.25, 0.3) is 0 Å². The number of carbonyl (C=O) groups excluding carboxylic acids is 1. The highest BCUT2D eigenvalue weighted by atomic mass is 35.5. The summed E-state index contributed by atoms with van der Waals surface area (Å²) in [5.41, 5.74) is 1.26. The summed E-state index contributed by atoms with van der Waals surface area (Å²) in [6, 6.07) is 6.65. The molecule has 1 heterocycles. The SMILES string of the molecule is COc1cc(Cl)c(C(=O)NCc2ccncc2)cc1Cl. The van der Waals surface area contributed by atoms with Crippen molar-refractivity contribution < 1.29 is 9.53 Å². The van der Waals surface area contributed by atoms with Crippen LogP contribution in [0.1, 0.15) is 15.9 Å². The lowest BCUT2D eigenvalue weighted by molar-refractivity contribution is 0.0951. The zero-order valence-electron chi connectivity index (χ0n) is 10.7. The summed E-state index contributed by atoms with van der Waals surface area (Å²) >= 11 is 12.0. The van der Waals surface area contributed by atoms with Crippen molar-refractivity contribution in [3.63, 3.8) is 0 Å². The van der Waals surface area contributed by atoms with Gasteiger partial charge in [0.2, 0.25) is 0 Å². The first-order valence-electron chi connectivity index (χ1n) is 5.82. The van der Waals surface area contributed by atoms with E-state index in [1.54, 1.807) is 12.4 Å². The van der Waals surface area contributed by atoms with E-state index in [0.717, 1.165) is 5.56 Å². The molecule has 2 rings (SSSR count). The number of methoxy groups -OCH3 is 1. The van der Waals surface area contributed by atoms with Gasteiger partial charge in [-0.15, -0.1) is 0 Å².